The van der Waals surface area contributed by atoms with E-state index in [0.717, 1.165) is 17.0 Å². The minimum atomic E-state index is -0.928. The number of esters is 1. The topological polar surface area (TPSA) is 102 Å². The van der Waals surface area contributed by atoms with Gasteiger partial charge in [0.1, 0.15) is 17.1 Å². The number of anilines is 1. The van der Waals surface area contributed by atoms with Crippen molar-refractivity contribution in [3.05, 3.63) is 61.4 Å². The Balaban J connectivity index is 1.89. The Morgan fingerprint density at radius 2 is 1.91 bits per heavy atom. The zero-order valence-electron chi connectivity index (χ0n) is 16.5. The SMILES string of the molecule is CCOC(=O)COc1c(Br)cc(/C=C2\C(=O)NC(=O)N(c3ccc(F)cc3)C2=O)cc1I. The summed E-state index contributed by atoms with van der Waals surface area (Å²) >= 11 is 5.33. The van der Waals surface area contributed by atoms with Crippen LogP contribution < -0.4 is 15.0 Å². The number of benzene rings is 2. The number of rotatable bonds is 6. The lowest BCUT2D eigenvalue weighted by atomic mass is 10.1. The molecule has 8 nitrogen and oxygen atoms in total. The number of barbiturate groups is 1. The van der Waals surface area contributed by atoms with Gasteiger partial charge in [0.2, 0.25) is 0 Å². The first-order valence-electron chi connectivity index (χ1n) is 9.15. The predicted molar refractivity (Wildman–Crippen MR) is 124 cm³/mol. The minimum absolute atomic E-state index is 0.116. The summed E-state index contributed by atoms with van der Waals surface area (Å²) in [5.41, 5.74) is 0.305. The first kappa shape index (κ1) is 23.9. The van der Waals surface area contributed by atoms with Crippen molar-refractivity contribution in [2.45, 2.75) is 6.92 Å². The maximum atomic E-state index is 13.2. The maximum Gasteiger partial charge on any atom is 0.344 e. The summed E-state index contributed by atoms with van der Waals surface area (Å²) in [5.74, 6) is -2.36. The summed E-state index contributed by atoms with van der Waals surface area (Å²) in [6.07, 6.45) is 1.32. The molecule has 0 spiro atoms. The average molecular weight is 617 g/mol. The van der Waals surface area contributed by atoms with Crippen molar-refractivity contribution < 1.29 is 33.0 Å². The number of carbonyl (C=O) groups excluding carboxylic acids is 4. The Morgan fingerprint density at radius 3 is 2.53 bits per heavy atom. The number of amides is 4. The van der Waals surface area contributed by atoms with Gasteiger partial charge in [0.05, 0.1) is 20.3 Å². The van der Waals surface area contributed by atoms with Crippen LogP contribution in [0.15, 0.2) is 46.4 Å². The molecule has 11 heteroatoms. The van der Waals surface area contributed by atoms with E-state index in [1.54, 1.807) is 19.1 Å². The van der Waals surface area contributed by atoms with E-state index in [0.29, 0.717) is 19.4 Å². The van der Waals surface area contributed by atoms with Gasteiger partial charge in [-0.3, -0.25) is 14.9 Å². The molecule has 0 atom stereocenters. The Bertz CT molecular complexity index is 1110. The highest BCUT2D eigenvalue weighted by atomic mass is 127. The fraction of sp³-hybridized carbons (Fsp3) is 0.143. The molecule has 1 aliphatic rings. The van der Waals surface area contributed by atoms with Crippen LogP contribution in [-0.2, 0) is 19.1 Å². The van der Waals surface area contributed by atoms with Crippen molar-refractivity contribution in [3.63, 3.8) is 0 Å². The van der Waals surface area contributed by atoms with Crippen molar-refractivity contribution in [1.29, 1.82) is 0 Å². The molecule has 0 saturated carbocycles. The van der Waals surface area contributed by atoms with Crippen molar-refractivity contribution in [2.75, 3.05) is 18.1 Å². The van der Waals surface area contributed by atoms with Crippen molar-refractivity contribution in [2.24, 2.45) is 0 Å². The van der Waals surface area contributed by atoms with Gasteiger partial charge in [-0.25, -0.2) is 18.9 Å². The van der Waals surface area contributed by atoms with Crippen LogP contribution in [0.25, 0.3) is 6.08 Å². The van der Waals surface area contributed by atoms with Crippen LogP contribution in [0.5, 0.6) is 5.75 Å². The molecule has 1 N–H and O–H groups in total. The van der Waals surface area contributed by atoms with Crippen LogP contribution in [-0.4, -0.2) is 37.0 Å². The summed E-state index contributed by atoms with van der Waals surface area (Å²) in [6.45, 7) is 1.65. The van der Waals surface area contributed by atoms with E-state index in [-0.39, 0.29) is 24.5 Å². The van der Waals surface area contributed by atoms with Crippen LogP contribution in [0.4, 0.5) is 14.9 Å². The molecule has 4 amide bonds. The largest absolute Gasteiger partial charge is 0.480 e. The van der Waals surface area contributed by atoms with Crippen LogP contribution in [0.3, 0.4) is 0 Å². The number of nitrogens with one attached hydrogen (secondary N) is 1. The molecule has 0 aliphatic carbocycles. The summed E-state index contributed by atoms with van der Waals surface area (Å²) in [7, 11) is 0. The maximum absolute atomic E-state index is 13.2. The number of nitrogens with zero attached hydrogens (tertiary/aromatic N) is 1. The van der Waals surface area contributed by atoms with Crippen LogP contribution in [0.2, 0.25) is 0 Å². The fourth-order valence-electron chi connectivity index (χ4n) is 2.78. The molecule has 0 aromatic heterocycles. The highest BCUT2D eigenvalue weighted by Crippen LogP contribution is 2.33. The average Bonchev–Trinajstić information content (AvgIpc) is 2.72. The lowest BCUT2D eigenvalue weighted by Gasteiger charge is -2.26. The first-order chi connectivity index (χ1) is 15.2. The summed E-state index contributed by atoms with van der Waals surface area (Å²) in [5, 5.41) is 2.10. The molecule has 0 bridgehead atoms. The van der Waals surface area contributed by atoms with E-state index in [1.165, 1.54) is 18.2 Å². The molecule has 166 valence electrons. The second-order valence-corrected chi connectivity index (χ2v) is 8.36. The third kappa shape index (κ3) is 5.33. The third-order valence-corrected chi connectivity index (χ3v) is 5.55. The summed E-state index contributed by atoms with van der Waals surface area (Å²) < 4.78 is 24.6. The van der Waals surface area contributed by atoms with Crippen LogP contribution in [0.1, 0.15) is 12.5 Å². The zero-order chi connectivity index (χ0) is 23.4. The molecular weight excluding hydrogens is 602 g/mol. The Kier molecular flexibility index (Phi) is 7.61. The van der Waals surface area contributed by atoms with Crippen molar-refractivity contribution in [3.8, 4) is 5.75 Å². The van der Waals surface area contributed by atoms with Gasteiger partial charge in [-0.1, -0.05) is 0 Å². The normalized spacial score (nSPS) is 15.1. The van der Waals surface area contributed by atoms with Gasteiger partial charge in [0, 0.05) is 0 Å². The van der Waals surface area contributed by atoms with Gasteiger partial charge < -0.3 is 9.47 Å². The van der Waals surface area contributed by atoms with Crippen LogP contribution in [0, 0.1) is 9.39 Å². The smallest absolute Gasteiger partial charge is 0.344 e. The molecule has 1 heterocycles. The minimum Gasteiger partial charge on any atom is -0.480 e. The van der Waals surface area contributed by atoms with Gasteiger partial charge in [0.15, 0.2) is 6.61 Å². The number of hydrogen-bond donors (Lipinski definition) is 1. The second kappa shape index (κ2) is 10.2. The molecule has 32 heavy (non-hydrogen) atoms. The van der Waals surface area contributed by atoms with Crippen molar-refractivity contribution in [1.82, 2.24) is 5.32 Å². The first-order valence-corrected chi connectivity index (χ1v) is 11.0. The monoisotopic (exact) mass is 616 g/mol. The third-order valence-electron chi connectivity index (χ3n) is 4.16. The van der Waals surface area contributed by atoms with E-state index in [1.807, 2.05) is 22.6 Å². The molecular formula is C21H15BrFIN2O6. The summed E-state index contributed by atoms with van der Waals surface area (Å²) in [4.78, 5) is 49.7. The number of carbonyl (C=O) groups is 4. The Hall–Kier alpha value is -2.80. The molecule has 1 fully saturated rings. The molecule has 0 radical (unpaired) electrons. The molecule has 2 aromatic rings. The quantitative estimate of drug-likeness (QED) is 0.229. The van der Waals surface area contributed by atoms with Gasteiger partial charge in [-0.2, -0.15) is 0 Å². The number of ether oxygens (including phenoxy) is 2. The molecule has 1 saturated heterocycles. The summed E-state index contributed by atoms with van der Waals surface area (Å²) in [6, 6.07) is 7.02. The highest BCUT2D eigenvalue weighted by molar-refractivity contribution is 14.1. The van der Waals surface area contributed by atoms with E-state index in [2.05, 4.69) is 21.2 Å². The highest BCUT2D eigenvalue weighted by Gasteiger charge is 2.36. The Morgan fingerprint density at radius 1 is 1.22 bits per heavy atom. The molecule has 1 aliphatic heterocycles. The zero-order valence-corrected chi connectivity index (χ0v) is 20.2. The lowest BCUT2D eigenvalue weighted by Crippen LogP contribution is -2.54. The number of halogens is 3. The predicted octanol–water partition coefficient (Wildman–Crippen LogP) is 3.80. The fourth-order valence-corrected chi connectivity index (χ4v) is 4.55. The molecule has 3 rings (SSSR count). The van der Waals surface area contributed by atoms with Crippen molar-refractivity contribution >= 4 is 74.1 Å². The van der Waals surface area contributed by atoms with Gasteiger partial charge in [-0.05, 0) is 93.5 Å². The number of imide groups is 2. The molecule has 0 unspecified atom stereocenters. The standard InChI is InChI=1S/C21H15BrFIN2O6/c1-2-31-17(27)10-32-18-15(22)8-11(9-16(18)24)7-14-19(28)25-21(30)26(20(14)29)13-5-3-12(23)4-6-13/h3-9H,2,10H2,1H3,(H,25,28,30)/b14-7+. The van der Waals surface area contributed by atoms with E-state index in [4.69, 9.17) is 9.47 Å². The van der Waals surface area contributed by atoms with E-state index < -0.39 is 29.6 Å². The number of hydrogen-bond acceptors (Lipinski definition) is 6. The van der Waals surface area contributed by atoms with Gasteiger partial charge in [0.25, 0.3) is 11.8 Å². The van der Waals surface area contributed by atoms with E-state index >= 15 is 0 Å². The van der Waals surface area contributed by atoms with E-state index in [9.17, 15) is 23.6 Å². The van der Waals surface area contributed by atoms with Crippen LogP contribution >= 0.6 is 38.5 Å². The van der Waals surface area contributed by atoms with Gasteiger partial charge in [-0.15, -0.1) is 0 Å². The van der Waals surface area contributed by atoms with Gasteiger partial charge >= 0.3 is 12.0 Å². The lowest BCUT2D eigenvalue weighted by molar-refractivity contribution is -0.145. The number of urea groups is 1. The second-order valence-electron chi connectivity index (χ2n) is 6.34. The Labute approximate surface area is 204 Å². The molecule has 2 aromatic carbocycles.